The van der Waals surface area contributed by atoms with Gasteiger partial charge >= 0.3 is 5.97 Å². The summed E-state index contributed by atoms with van der Waals surface area (Å²) >= 11 is 1.64. The van der Waals surface area contributed by atoms with E-state index in [1.54, 1.807) is 30.8 Å². The Hall–Kier alpha value is -2.68. The van der Waals surface area contributed by atoms with Crippen molar-refractivity contribution in [3.63, 3.8) is 0 Å². The van der Waals surface area contributed by atoms with E-state index in [-0.39, 0.29) is 17.5 Å². The average molecular weight is 390 g/mol. The number of fused-ring (bicyclic) bond motifs is 1. The molecule has 9 heteroatoms. The summed E-state index contributed by atoms with van der Waals surface area (Å²) < 4.78 is 23.7. The van der Waals surface area contributed by atoms with Crippen LogP contribution in [0.3, 0.4) is 0 Å². The summed E-state index contributed by atoms with van der Waals surface area (Å²) in [5.41, 5.74) is 1.41. The summed E-state index contributed by atoms with van der Waals surface area (Å²) in [5.74, 6) is 0.498. The number of rotatable bonds is 8. The van der Waals surface area contributed by atoms with Crippen LogP contribution in [0.4, 0.5) is 10.2 Å². The molecule has 1 aromatic carbocycles. The van der Waals surface area contributed by atoms with E-state index in [1.807, 2.05) is 6.26 Å². The first kappa shape index (κ1) is 19.1. The van der Waals surface area contributed by atoms with Gasteiger partial charge in [-0.2, -0.15) is 16.7 Å². The Kier molecular flexibility index (Phi) is 6.23. The van der Waals surface area contributed by atoms with Gasteiger partial charge in [-0.1, -0.05) is 5.16 Å². The van der Waals surface area contributed by atoms with E-state index in [2.05, 4.69) is 20.4 Å². The number of ether oxygens (including phenoxy) is 1. The van der Waals surface area contributed by atoms with Crippen LogP contribution in [0.15, 0.2) is 35.1 Å². The van der Waals surface area contributed by atoms with E-state index in [0.717, 1.165) is 5.75 Å². The number of anilines is 1. The second kappa shape index (κ2) is 8.81. The molecule has 142 valence electrons. The van der Waals surface area contributed by atoms with Crippen LogP contribution in [0.2, 0.25) is 0 Å². The first-order valence-corrected chi connectivity index (χ1v) is 9.81. The molecule has 7 nitrogen and oxygen atoms in total. The van der Waals surface area contributed by atoms with Crippen molar-refractivity contribution in [3.8, 4) is 11.3 Å². The van der Waals surface area contributed by atoms with Gasteiger partial charge in [0.1, 0.15) is 35.1 Å². The van der Waals surface area contributed by atoms with Crippen molar-refractivity contribution in [2.75, 3.05) is 23.9 Å². The van der Waals surface area contributed by atoms with Crippen LogP contribution in [-0.2, 0) is 9.53 Å². The Bertz CT molecular complexity index is 917. The summed E-state index contributed by atoms with van der Waals surface area (Å²) in [6.07, 6.45) is 3.88. The smallest absolute Gasteiger partial charge is 0.328 e. The molecule has 3 rings (SSSR count). The van der Waals surface area contributed by atoms with Crippen molar-refractivity contribution < 1.29 is 18.4 Å². The molecular formula is C18H19FN4O3S. The predicted molar refractivity (Wildman–Crippen MR) is 102 cm³/mol. The lowest BCUT2D eigenvalue weighted by atomic mass is 10.1. The Balaban J connectivity index is 1.99. The lowest BCUT2D eigenvalue weighted by molar-refractivity contribution is -0.144. The topological polar surface area (TPSA) is 90.1 Å². The maximum atomic E-state index is 13.2. The van der Waals surface area contributed by atoms with Crippen molar-refractivity contribution in [3.05, 3.63) is 36.4 Å². The van der Waals surface area contributed by atoms with Gasteiger partial charge in [0.15, 0.2) is 0 Å². The Morgan fingerprint density at radius 3 is 2.81 bits per heavy atom. The van der Waals surface area contributed by atoms with Gasteiger partial charge in [0.25, 0.3) is 5.71 Å². The van der Waals surface area contributed by atoms with Crippen LogP contribution < -0.4 is 5.32 Å². The number of benzene rings is 1. The molecule has 0 bridgehead atoms. The number of thioether (sulfide) groups is 1. The van der Waals surface area contributed by atoms with Crippen LogP contribution in [0.1, 0.15) is 13.3 Å². The van der Waals surface area contributed by atoms with Crippen LogP contribution in [0.25, 0.3) is 22.4 Å². The minimum atomic E-state index is -0.563. The number of nitrogens with zero attached hydrogens (tertiary/aromatic N) is 3. The zero-order chi connectivity index (χ0) is 19.2. The highest BCUT2D eigenvalue weighted by molar-refractivity contribution is 7.98. The number of hydrogen-bond acceptors (Lipinski definition) is 8. The zero-order valence-electron chi connectivity index (χ0n) is 14.9. The Labute approximate surface area is 159 Å². The molecule has 0 unspecified atom stereocenters. The molecule has 0 fully saturated rings. The predicted octanol–water partition coefficient (Wildman–Crippen LogP) is 3.52. The molecule has 0 radical (unpaired) electrons. The summed E-state index contributed by atoms with van der Waals surface area (Å²) in [4.78, 5) is 20.6. The first-order valence-electron chi connectivity index (χ1n) is 8.42. The molecular weight excluding hydrogens is 371 g/mol. The molecule has 27 heavy (non-hydrogen) atoms. The fourth-order valence-corrected chi connectivity index (χ4v) is 3.06. The Morgan fingerprint density at radius 1 is 1.33 bits per heavy atom. The zero-order valence-corrected chi connectivity index (χ0v) is 15.8. The van der Waals surface area contributed by atoms with Crippen LogP contribution in [0.5, 0.6) is 0 Å². The molecule has 2 heterocycles. The maximum absolute atomic E-state index is 13.2. The molecule has 1 atom stereocenters. The third-order valence-corrected chi connectivity index (χ3v) is 4.53. The Morgan fingerprint density at radius 2 is 2.11 bits per heavy atom. The standard InChI is InChI=1S/C18H19FN4O3S/c1-3-25-18(24)13(8-9-27-2)22-16-14-15(11-4-6-12(19)7-5-11)23-26-17(14)21-10-20-16/h4-7,10,13H,3,8-9H2,1-2H3,(H,20,21,22)/t13-/m1/s1. The van der Waals surface area contributed by atoms with Gasteiger partial charge in [-0.15, -0.1) is 0 Å². The molecule has 0 aliphatic rings. The summed E-state index contributed by atoms with van der Waals surface area (Å²) in [6.45, 7) is 2.06. The normalized spacial score (nSPS) is 12.1. The minimum absolute atomic E-state index is 0.277. The quantitative estimate of drug-likeness (QED) is 0.584. The molecule has 3 aromatic rings. The van der Waals surface area contributed by atoms with Gasteiger partial charge < -0.3 is 14.6 Å². The van der Waals surface area contributed by atoms with Gasteiger partial charge in [-0.25, -0.2) is 14.2 Å². The second-order valence-electron chi connectivity index (χ2n) is 5.67. The van der Waals surface area contributed by atoms with Crippen molar-refractivity contribution >= 4 is 34.6 Å². The average Bonchev–Trinajstić information content (AvgIpc) is 3.11. The van der Waals surface area contributed by atoms with Gasteiger partial charge in [0, 0.05) is 5.56 Å². The van der Waals surface area contributed by atoms with Crippen molar-refractivity contribution in [1.29, 1.82) is 0 Å². The van der Waals surface area contributed by atoms with Gasteiger partial charge in [0.2, 0.25) is 0 Å². The number of nitrogens with one attached hydrogen (secondary N) is 1. The number of aromatic nitrogens is 3. The number of esters is 1. The third-order valence-electron chi connectivity index (χ3n) is 3.88. The largest absolute Gasteiger partial charge is 0.464 e. The first-order chi connectivity index (χ1) is 13.1. The van der Waals surface area contributed by atoms with E-state index in [4.69, 9.17) is 9.26 Å². The molecule has 0 saturated heterocycles. The molecule has 0 spiro atoms. The van der Waals surface area contributed by atoms with Crippen molar-refractivity contribution in [2.24, 2.45) is 0 Å². The molecule has 2 aromatic heterocycles. The highest BCUT2D eigenvalue weighted by Crippen LogP contribution is 2.31. The molecule has 0 aliphatic carbocycles. The molecule has 0 aliphatic heterocycles. The molecule has 0 saturated carbocycles. The molecule has 0 amide bonds. The third kappa shape index (κ3) is 4.36. The van der Waals surface area contributed by atoms with E-state index in [0.29, 0.717) is 35.5 Å². The van der Waals surface area contributed by atoms with E-state index in [9.17, 15) is 9.18 Å². The van der Waals surface area contributed by atoms with Crippen molar-refractivity contribution in [1.82, 2.24) is 15.1 Å². The van der Waals surface area contributed by atoms with E-state index < -0.39 is 6.04 Å². The van der Waals surface area contributed by atoms with Crippen LogP contribution in [0, 0.1) is 5.82 Å². The summed E-state index contributed by atoms with van der Waals surface area (Å²) in [6, 6.07) is 5.31. The highest BCUT2D eigenvalue weighted by atomic mass is 32.2. The summed E-state index contributed by atoms with van der Waals surface area (Å²) in [7, 11) is 0. The fraction of sp³-hybridized carbons (Fsp3) is 0.333. The van der Waals surface area contributed by atoms with Gasteiger partial charge in [-0.05, 0) is 49.6 Å². The number of carbonyl (C=O) groups is 1. The number of halogens is 1. The number of hydrogen-bond donors (Lipinski definition) is 1. The lowest BCUT2D eigenvalue weighted by Crippen LogP contribution is -2.32. The van der Waals surface area contributed by atoms with Gasteiger partial charge in [0.05, 0.1) is 6.61 Å². The summed E-state index contributed by atoms with van der Waals surface area (Å²) in [5, 5.41) is 7.71. The monoisotopic (exact) mass is 390 g/mol. The van der Waals surface area contributed by atoms with E-state index >= 15 is 0 Å². The highest BCUT2D eigenvalue weighted by Gasteiger charge is 2.23. The van der Waals surface area contributed by atoms with Crippen molar-refractivity contribution in [2.45, 2.75) is 19.4 Å². The molecule has 1 N–H and O–H groups in total. The minimum Gasteiger partial charge on any atom is -0.464 e. The lowest BCUT2D eigenvalue weighted by Gasteiger charge is -2.17. The second-order valence-corrected chi connectivity index (χ2v) is 6.66. The number of carbonyl (C=O) groups excluding carboxylic acids is 1. The van der Waals surface area contributed by atoms with E-state index in [1.165, 1.54) is 18.5 Å². The SMILES string of the molecule is CCOC(=O)[C@@H](CCSC)Nc1ncnc2onc(-c3ccc(F)cc3)c12. The maximum Gasteiger partial charge on any atom is 0.328 e. The van der Waals surface area contributed by atoms with Crippen LogP contribution in [-0.4, -0.2) is 45.8 Å². The van der Waals surface area contributed by atoms with Gasteiger partial charge in [-0.3, -0.25) is 0 Å². The fourth-order valence-electron chi connectivity index (χ4n) is 2.59. The van der Waals surface area contributed by atoms with Crippen LogP contribution >= 0.6 is 11.8 Å².